The Morgan fingerprint density at radius 2 is 1.09 bits per heavy atom. The molecule has 3 N–H and O–H groups in total. The van der Waals surface area contributed by atoms with Gasteiger partial charge in [0, 0.05) is 11.3 Å². The maximum Gasteiger partial charge on any atom is 0.139 e. The van der Waals surface area contributed by atoms with Crippen LogP contribution in [0.1, 0.15) is 27.8 Å². The van der Waals surface area contributed by atoms with E-state index in [4.69, 9.17) is 4.74 Å². The number of phenols is 3. The Bertz CT molecular complexity index is 1300. The Morgan fingerprint density at radius 3 is 1.62 bits per heavy atom. The lowest BCUT2D eigenvalue weighted by molar-refractivity contribution is 0.448. The van der Waals surface area contributed by atoms with Gasteiger partial charge in [0.2, 0.25) is 0 Å². The Labute approximate surface area is 200 Å². The fourth-order valence-electron chi connectivity index (χ4n) is 4.01. The van der Waals surface area contributed by atoms with Gasteiger partial charge in [-0.1, -0.05) is 18.2 Å². The van der Waals surface area contributed by atoms with E-state index < -0.39 is 0 Å². The molecule has 4 aromatic carbocycles. The first-order chi connectivity index (χ1) is 16.2. The second-order valence-corrected chi connectivity index (χ2v) is 8.58. The van der Waals surface area contributed by atoms with Crippen molar-refractivity contribution in [2.75, 3.05) is 4.90 Å². The second-order valence-electron chi connectivity index (χ2n) is 8.58. The minimum atomic E-state index is 0.124. The van der Waals surface area contributed by atoms with Gasteiger partial charge in [-0.15, -0.1) is 0 Å². The lowest BCUT2D eigenvalue weighted by Gasteiger charge is -2.30. The standard InChI is InChI=1S/C29H29NO4/c1-17-9-15-25(32)28(19(17)3)30(29-20(4)18(2)10-16-26(29)33)22-11-13-23(14-12-22)34-27-8-6-7-24(31)21(27)5/h6-16,31-33H,1-5H3. The molecule has 0 fully saturated rings. The third-order valence-electron chi connectivity index (χ3n) is 6.39. The van der Waals surface area contributed by atoms with Crippen LogP contribution in [0, 0.1) is 34.6 Å². The molecule has 0 saturated carbocycles. The van der Waals surface area contributed by atoms with Crippen molar-refractivity contribution in [2.24, 2.45) is 0 Å². The van der Waals surface area contributed by atoms with E-state index in [1.807, 2.05) is 69.0 Å². The molecule has 0 atom stereocenters. The van der Waals surface area contributed by atoms with Crippen molar-refractivity contribution in [1.82, 2.24) is 0 Å². The molecule has 0 heterocycles. The molecule has 4 rings (SSSR count). The van der Waals surface area contributed by atoms with E-state index in [9.17, 15) is 15.3 Å². The molecule has 5 nitrogen and oxygen atoms in total. The van der Waals surface area contributed by atoms with Gasteiger partial charge in [-0.2, -0.15) is 0 Å². The number of aryl methyl sites for hydroxylation is 2. The van der Waals surface area contributed by atoms with Gasteiger partial charge in [0.05, 0.1) is 11.4 Å². The number of ether oxygens (including phenoxy) is 1. The monoisotopic (exact) mass is 455 g/mol. The van der Waals surface area contributed by atoms with Gasteiger partial charge in [-0.05, 0) is 105 Å². The number of hydrogen-bond acceptors (Lipinski definition) is 5. The van der Waals surface area contributed by atoms with Gasteiger partial charge in [0.25, 0.3) is 0 Å². The van der Waals surface area contributed by atoms with Crippen LogP contribution in [0.2, 0.25) is 0 Å². The predicted molar refractivity (Wildman–Crippen MR) is 136 cm³/mol. The summed E-state index contributed by atoms with van der Waals surface area (Å²) in [7, 11) is 0. The Hall–Kier alpha value is -4.12. The minimum Gasteiger partial charge on any atom is -0.508 e. The highest BCUT2D eigenvalue weighted by molar-refractivity contribution is 5.87. The van der Waals surface area contributed by atoms with Crippen LogP contribution < -0.4 is 9.64 Å². The number of nitrogens with zero attached hydrogens (tertiary/aromatic N) is 1. The van der Waals surface area contributed by atoms with E-state index in [-0.39, 0.29) is 17.2 Å². The van der Waals surface area contributed by atoms with Crippen molar-refractivity contribution in [3.63, 3.8) is 0 Å². The van der Waals surface area contributed by atoms with Crippen LogP contribution in [0.15, 0.2) is 66.7 Å². The van der Waals surface area contributed by atoms with Crippen molar-refractivity contribution in [3.8, 4) is 28.7 Å². The van der Waals surface area contributed by atoms with Gasteiger partial charge in [-0.3, -0.25) is 0 Å². The molecule has 0 aliphatic heterocycles. The summed E-state index contributed by atoms with van der Waals surface area (Å²) in [5.74, 6) is 1.60. The molecule has 0 bridgehead atoms. The van der Waals surface area contributed by atoms with Crippen molar-refractivity contribution in [2.45, 2.75) is 34.6 Å². The van der Waals surface area contributed by atoms with E-state index in [1.54, 1.807) is 37.3 Å². The summed E-state index contributed by atoms with van der Waals surface area (Å²) >= 11 is 0. The first kappa shape index (κ1) is 23.1. The van der Waals surface area contributed by atoms with E-state index in [0.29, 0.717) is 28.4 Å². The summed E-state index contributed by atoms with van der Waals surface area (Å²) in [5.41, 5.74) is 6.53. The highest BCUT2D eigenvalue weighted by Crippen LogP contribution is 2.48. The van der Waals surface area contributed by atoms with Crippen LogP contribution in [0.5, 0.6) is 28.7 Å². The number of aromatic hydroxyl groups is 3. The summed E-state index contributed by atoms with van der Waals surface area (Å²) in [6.45, 7) is 9.71. The van der Waals surface area contributed by atoms with E-state index >= 15 is 0 Å². The fraction of sp³-hybridized carbons (Fsp3) is 0.172. The van der Waals surface area contributed by atoms with Crippen LogP contribution in [0.4, 0.5) is 17.1 Å². The summed E-state index contributed by atoms with van der Waals surface area (Å²) in [6.07, 6.45) is 0. The first-order valence-corrected chi connectivity index (χ1v) is 11.1. The smallest absolute Gasteiger partial charge is 0.139 e. The third kappa shape index (κ3) is 4.13. The van der Waals surface area contributed by atoms with Crippen molar-refractivity contribution in [1.29, 1.82) is 0 Å². The summed E-state index contributed by atoms with van der Waals surface area (Å²) in [6, 6.07) is 19.7. The quantitative estimate of drug-likeness (QED) is 0.289. The molecule has 0 radical (unpaired) electrons. The Kier molecular flexibility index (Phi) is 6.12. The van der Waals surface area contributed by atoms with Gasteiger partial charge in [0.15, 0.2) is 0 Å². The number of phenolic OH excluding ortho intramolecular Hbond substituents is 3. The lowest BCUT2D eigenvalue weighted by Crippen LogP contribution is -2.14. The van der Waals surface area contributed by atoms with Crippen LogP contribution in [-0.2, 0) is 0 Å². The van der Waals surface area contributed by atoms with Gasteiger partial charge >= 0.3 is 0 Å². The molecular formula is C29H29NO4. The van der Waals surface area contributed by atoms with Crippen LogP contribution in [-0.4, -0.2) is 15.3 Å². The molecule has 5 heteroatoms. The molecule has 0 saturated heterocycles. The number of hydrogen-bond donors (Lipinski definition) is 3. The molecule has 0 aliphatic carbocycles. The molecule has 0 amide bonds. The molecule has 0 unspecified atom stereocenters. The molecule has 4 aromatic rings. The van der Waals surface area contributed by atoms with Crippen molar-refractivity contribution < 1.29 is 20.1 Å². The summed E-state index contributed by atoms with van der Waals surface area (Å²) in [4.78, 5) is 1.89. The van der Waals surface area contributed by atoms with E-state index in [0.717, 1.165) is 27.9 Å². The highest BCUT2D eigenvalue weighted by atomic mass is 16.5. The van der Waals surface area contributed by atoms with Crippen molar-refractivity contribution >= 4 is 17.1 Å². The SMILES string of the molecule is Cc1ccc(O)c(N(c2ccc(Oc3cccc(O)c3C)cc2)c2c(O)ccc(C)c2C)c1C. The van der Waals surface area contributed by atoms with Gasteiger partial charge < -0.3 is 25.0 Å². The fourth-order valence-corrected chi connectivity index (χ4v) is 4.01. The second kappa shape index (κ2) is 9.02. The first-order valence-electron chi connectivity index (χ1n) is 11.1. The zero-order chi connectivity index (χ0) is 24.6. The zero-order valence-electron chi connectivity index (χ0n) is 20.0. The minimum absolute atomic E-state index is 0.124. The average molecular weight is 456 g/mol. The number of benzene rings is 4. The molecule has 0 spiro atoms. The summed E-state index contributed by atoms with van der Waals surface area (Å²) in [5, 5.41) is 31.8. The molecule has 0 aromatic heterocycles. The summed E-state index contributed by atoms with van der Waals surface area (Å²) < 4.78 is 5.99. The average Bonchev–Trinajstić information content (AvgIpc) is 2.82. The molecule has 0 aliphatic rings. The van der Waals surface area contributed by atoms with Crippen LogP contribution in [0.25, 0.3) is 0 Å². The maximum atomic E-state index is 10.9. The van der Waals surface area contributed by atoms with E-state index in [1.165, 1.54) is 0 Å². The molecule has 34 heavy (non-hydrogen) atoms. The topological polar surface area (TPSA) is 73.2 Å². The lowest BCUT2D eigenvalue weighted by atomic mass is 10.0. The zero-order valence-corrected chi connectivity index (χ0v) is 20.0. The van der Waals surface area contributed by atoms with Gasteiger partial charge in [-0.25, -0.2) is 0 Å². The largest absolute Gasteiger partial charge is 0.508 e. The number of rotatable bonds is 5. The third-order valence-corrected chi connectivity index (χ3v) is 6.39. The predicted octanol–water partition coefficient (Wildman–Crippen LogP) is 7.61. The normalized spacial score (nSPS) is 10.9. The Balaban J connectivity index is 1.85. The van der Waals surface area contributed by atoms with Crippen molar-refractivity contribution in [3.05, 3.63) is 94.5 Å². The van der Waals surface area contributed by atoms with Crippen LogP contribution in [0.3, 0.4) is 0 Å². The molecule has 174 valence electrons. The van der Waals surface area contributed by atoms with Gasteiger partial charge in [0.1, 0.15) is 28.7 Å². The highest BCUT2D eigenvalue weighted by Gasteiger charge is 2.24. The Morgan fingerprint density at radius 1 is 0.559 bits per heavy atom. The maximum absolute atomic E-state index is 10.9. The number of anilines is 3. The van der Waals surface area contributed by atoms with Crippen LogP contribution >= 0.6 is 0 Å². The van der Waals surface area contributed by atoms with E-state index in [2.05, 4.69) is 0 Å². The molecular weight excluding hydrogens is 426 g/mol.